The maximum Gasteiger partial charge on any atom is 0.245 e. The van der Waals surface area contributed by atoms with Crippen LogP contribution >= 0.6 is 0 Å². The van der Waals surface area contributed by atoms with Crippen LogP contribution in [-0.2, 0) is 9.59 Å². The standard InChI is InChI=1S/C23H29N3O3/c1-16(24-3)22(27)25-17(2)23(28)26-14-8-13-21(26)18-9-7-12-20(15-18)29-19-10-5-4-6-11-19/h4-7,9-12,15-17,21,24H,8,13-14H2,1-3H3,(H,25,27)/t16-,17-,21-/m0/s1. The van der Waals surface area contributed by atoms with Gasteiger partial charge in [-0.25, -0.2) is 0 Å². The van der Waals surface area contributed by atoms with E-state index in [1.165, 1.54) is 0 Å². The molecule has 0 bridgehead atoms. The Bertz CT molecular complexity index is 840. The first-order valence-corrected chi connectivity index (χ1v) is 10.1. The van der Waals surface area contributed by atoms with Gasteiger partial charge in [0.1, 0.15) is 17.5 Å². The van der Waals surface area contributed by atoms with Crippen LogP contribution in [0, 0.1) is 0 Å². The maximum absolute atomic E-state index is 13.0. The molecular formula is C23H29N3O3. The van der Waals surface area contributed by atoms with Crippen LogP contribution in [-0.4, -0.2) is 42.4 Å². The number of hydrogen-bond donors (Lipinski definition) is 2. The zero-order valence-electron chi connectivity index (χ0n) is 17.2. The molecule has 3 rings (SSSR count). The Morgan fingerprint density at radius 3 is 2.48 bits per heavy atom. The zero-order chi connectivity index (χ0) is 20.8. The summed E-state index contributed by atoms with van der Waals surface area (Å²) < 4.78 is 5.95. The fourth-order valence-electron chi connectivity index (χ4n) is 3.57. The largest absolute Gasteiger partial charge is 0.457 e. The van der Waals surface area contributed by atoms with Gasteiger partial charge in [-0.05, 0) is 63.6 Å². The molecule has 1 saturated heterocycles. The summed E-state index contributed by atoms with van der Waals surface area (Å²) in [6, 6.07) is 16.6. The minimum Gasteiger partial charge on any atom is -0.457 e. The average Bonchev–Trinajstić information content (AvgIpc) is 3.23. The smallest absolute Gasteiger partial charge is 0.245 e. The quantitative estimate of drug-likeness (QED) is 0.755. The summed E-state index contributed by atoms with van der Waals surface area (Å²) in [7, 11) is 1.72. The number of para-hydroxylation sites is 1. The van der Waals surface area contributed by atoms with Crippen molar-refractivity contribution >= 4 is 11.8 Å². The van der Waals surface area contributed by atoms with E-state index in [0.29, 0.717) is 6.54 Å². The van der Waals surface area contributed by atoms with Gasteiger partial charge in [0.15, 0.2) is 0 Å². The summed E-state index contributed by atoms with van der Waals surface area (Å²) in [4.78, 5) is 27.0. The fraction of sp³-hybridized carbons (Fsp3) is 0.391. The van der Waals surface area contributed by atoms with Crippen molar-refractivity contribution in [3.05, 3.63) is 60.2 Å². The zero-order valence-corrected chi connectivity index (χ0v) is 17.2. The Morgan fingerprint density at radius 1 is 1.03 bits per heavy atom. The van der Waals surface area contributed by atoms with Crippen molar-refractivity contribution in [1.82, 2.24) is 15.5 Å². The summed E-state index contributed by atoms with van der Waals surface area (Å²) in [5.41, 5.74) is 1.05. The first-order valence-electron chi connectivity index (χ1n) is 10.1. The number of ether oxygens (including phenoxy) is 1. The summed E-state index contributed by atoms with van der Waals surface area (Å²) in [5, 5.41) is 5.69. The summed E-state index contributed by atoms with van der Waals surface area (Å²) in [5.74, 6) is 1.29. The van der Waals surface area contributed by atoms with E-state index in [2.05, 4.69) is 10.6 Å². The normalized spacial score (nSPS) is 18.2. The number of likely N-dealkylation sites (tertiary alicyclic amines) is 1. The molecule has 1 heterocycles. The van der Waals surface area contributed by atoms with Gasteiger partial charge in [-0.1, -0.05) is 30.3 Å². The number of benzene rings is 2. The van der Waals surface area contributed by atoms with Gasteiger partial charge in [0.05, 0.1) is 12.1 Å². The SMILES string of the molecule is CN[C@@H](C)C(=O)N[C@@H](C)C(=O)N1CCC[C@H]1c1cccc(Oc2ccccc2)c1. The van der Waals surface area contributed by atoms with Crippen LogP contribution < -0.4 is 15.4 Å². The minimum absolute atomic E-state index is 0.0112. The van der Waals surface area contributed by atoms with Gasteiger partial charge in [-0.2, -0.15) is 0 Å². The maximum atomic E-state index is 13.0. The molecule has 0 saturated carbocycles. The van der Waals surface area contributed by atoms with Crippen LogP contribution in [0.3, 0.4) is 0 Å². The van der Waals surface area contributed by atoms with Crippen LogP contribution in [0.1, 0.15) is 38.3 Å². The third-order valence-corrected chi connectivity index (χ3v) is 5.31. The number of nitrogens with zero attached hydrogens (tertiary/aromatic N) is 1. The number of hydrogen-bond acceptors (Lipinski definition) is 4. The fourth-order valence-corrected chi connectivity index (χ4v) is 3.57. The molecule has 1 aliphatic heterocycles. The van der Waals surface area contributed by atoms with Gasteiger partial charge in [-0.3, -0.25) is 9.59 Å². The lowest BCUT2D eigenvalue weighted by Gasteiger charge is -2.29. The van der Waals surface area contributed by atoms with E-state index in [1.807, 2.05) is 59.5 Å². The lowest BCUT2D eigenvalue weighted by Crippen LogP contribution is -2.51. The van der Waals surface area contributed by atoms with E-state index in [4.69, 9.17) is 4.74 Å². The van der Waals surface area contributed by atoms with E-state index < -0.39 is 6.04 Å². The second-order valence-corrected chi connectivity index (χ2v) is 7.42. The highest BCUT2D eigenvalue weighted by Crippen LogP contribution is 2.34. The first-order chi connectivity index (χ1) is 14.0. The molecule has 1 fully saturated rings. The van der Waals surface area contributed by atoms with Gasteiger partial charge in [0.2, 0.25) is 11.8 Å². The van der Waals surface area contributed by atoms with Crippen LogP contribution in [0.4, 0.5) is 0 Å². The topological polar surface area (TPSA) is 70.7 Å². The predicted molar refractivity (Wildman–Crippen MR) is 113 cm³/mol. The highest BCUT2D eigenvalue weighted by Gasteiger charge is 2.33. The number of carbonyl (C=O) groups is 2. The van der Waals surface area contributed by atoms with Crippen molar-refractivity contribution in [3.63, 3.8) is 0 Å². The molecule has 6 nitrogen and oxygen atoms in total. The second-order valence-electron chi connectivity index (χ2n) is 7.42. The molecule has 0 unspecified atom stereocenters. The molecule has 154 valence electrons. The van der Waals surface area contributed by atoms with Gasteiger partial charge in [0.25, 0.3) is 0 Å². The van der Waals surface area contributed by atoms with Crippen LogP contribution in [0.15, 0.2) is 54.6 Å². The molecule has 0 aromatic heterocycles. The molecule has 2 N–H and O–H groups in total. The molecule has 0 radical (unpaired) electrons. The van der Waals surface area contributed by atoms with Crippen molar-refractivity contribution in [2.45, 2.75) is 44.8 Å². The Labute approximate surface area is 172 Å². The number of likely N-dealkylation sites (N-methyl/N-ethyl adjacent to an activating group) is 1. The number of rotatable bonds is 7. The monoisotopic (exact) mass is 395 g/mol. The molecule has 3 atom stereocenters. The Morgan fingerprint density at radius 2 is 1.76 bits per heavy atom. The molecule has 2 aromatic rings. The molecule has 6 heteroatoms. The van der Waals surface area contributed by atoms with E-state index in [0.717, 1.165) is 29.9 Å². The molecule has 0 spiro atoms. The van der Waals surface area contributed by atoms with Gasteiger partial charge in [0, 0.05) is 6.54 Å². The number of carbonyl (C=O) groups excluding carboxylic acids is 2. The molecule has 1 aliphatic rings. The second kappa shape index (κ2) is 9.56. The number of nitrogens with one attached hydrogen (secondary N) is 2. The highest BCUT2D eigenvalue weighted by molar-refractivity contribution is 5.89. The summed E-state index contributed by atoms with van der Waals surface area (Å²) >= 11 is 0. The third kappa shape index (κ3) is 5.15. The van der Waals surface area contributed by atoms with Crippen molar-refractivity contribution in [2.24, 2.45) is 0 Å². The average molecular weight is 396 g/mol. The van der Waals surface area contributed by atoms with Crippen molar-refractivity contribution < 1.29 is 14.3 Å². The minimum atomic E-state index is -0.567. The number of amides is 2. The highest BCUT2D eigenvalue weighted by atomic mass is 16.5. The van der Waals surface area contributed by atoms with E-state index in [-0.39, 0.29) is 23.9 Å². The van der Waals surface area contributed by atoms with Crippen molar-refractivity contribution in [3.8, 4) is 11.5 Å². The van der Waals surface area contributed by atoms with Gasteiger partial charge >= 0.3 is 0 Å². The molecular weight excluding hydrogens is 366 g/mol. The van der Waals surface area contributed by atoms with Gasteiger partial charge < -0.3 is 20.3 Å². The van der Waals surface area contributed by atoms with Crippen LogP contribution in [0.2, 0.25) is 0 Å². The van der Waals surface area contributed by atoms with E-state index in [1.54, 1.807) is 20.9 Å². The Hall–Kier alpha value is -2.86. The van der Waals surface area contributed by atoms with Gasteiger partial charge in [-0.15, -0.1) is 0 Å². The first kappa shape index (κ1) is 20.9. The Kier molecular flexibility index (Phi) is 6.88. The van der Waals surface area contributed by atoms with E-state index >= 15 is 0 Å². The lowest BCUT2D eigenvalue weighted by molar-refractivity contribution is -0.137. The molecule has 2 aromatic carbocycles. The van der Waals surface area contributed by atoms with Crippen molar-refractivity contribution in [2.75, 3.05) is 13.6 Å². The van der Waals surface area contributed by atoms with Crippen LogP contribution in [0.5, 0.6) is 11.5 Å². The molecule has 2 amide bonds. The van der Waals surface area contributed by atoms with Crippen LogP contribution in [0.25, 0.3) is 0 Å². The summed E-state index contributed by atoms with van der Waals surface area (Å²) in [6.45, 7) is 4.20. The molecule has 0 aliphatic carbocycles. The summed E-state index contributed by atoms with van der Waals surface area (Å²) in [6.07, 6.45) is 1.84. The van der Waals surface area contributed by atoms with Crippen molar-refractivity contribution in [1.29, 1.82) is 0 Å². The molecule has 29 heavy (non-hydrogen) atoms. The third-order valence-electron chi connectivity index (χ3n) is 5.31. The Balaban J connectivity index is 1.71. The van der Waals surface area contributed by atoms with E-state index in [9.17, 15) is 9.59 Å². The lowest BCUT2D eigenvalue weighted by atomic mass is 10.0. The predicted octanol–water partition coefficient (Wildman–Crippen LogP) is 3.26.